The summed E-state index contributed by atoms with van der Waals surface area (Å²) < 4.78 is 50.7. The third kappa shape index (κ3) is 3.89. The van der Waals surface area contributed by atoms with E-state index in [4.69, 9.17) is 9.47 Å². The van der Waals surface area contributed by atoms with Gasteiger partial charge in [0.15, 0.2) is 6.73 Å². The van der Waals surface area contributed by atoms with Gasteiger partial charge in [-0.25, -0.2) is 9.59 Å². The first kappa shape index (κ1) is 22.0. The first-order valence-corrected chi connectivity index (χ1v) is 10.8. The highest BCUT2D eigenvalue weighted by Crippen LogP contribution is 2.44. The van der Waals surface area contributed by atoms with Crippen molar-refractivity contribution in [2.24, 2.45) is 0 Å². The van der Waals surface area contributed by atoms with E-state index in [0.717, 1.165) is 33.2 Å². The van der Waals surface area contributed by atoms with Gasteiger partial charge in [-0.15, -0.1) is 0 Å². The number of halogens is 3. The maximum Gasteiger partial charge on any atom is 0.416 e. The largest absolute Gasteiger partial charge is 0.448 e. The number of esters is 1. The van der Waals surface area contributed by atoms with Crippen molar-refractivity contribution in [3.63, 3.8) is 0 Å². The van der Waals surface area contributed by atoms with Crippen LogP contribution in [-0.2, 0) is 26.9 Å². The zero-order valence-electron chi connectivity index (χ0n) is 17.9. The maximum atomic E-state index is 13.4. The molecule has 3 aromatic carbocycles. The standard InChI is InChI=1S/C26H20F3NO4/c27-26(28,29)22-12-6-1-7-16(22)13-23-24(31)34-15-30(23)25(32)33-14-21-19-10-4-2-8-17(19)18-9-3-5-11-20(18)21/h1-12,21,23H,13-15H2. The number of cyclic esters (lactones) is 1. The molecule has 1 aliphatic heterocycles. The number of amides is 1. The van der Waals surface area contributed by atoms with Gasteiger partial charge in [0.05, 0.1) is 5.56 Å². The summed E-state index contributed by atoms with van der Waals surface area (Å²) in [6, 6.07) is 19.5. The molecule has 34 heavy (non-hydrogen) atoms. The van der Waals surface area contributed by atoms with Gasteiger partial charge in [0.25, 0.3) is 0 Å². The Morgan fingerprint density at radius 1 is 0.941 bits per heavy atom. The smallest absolute Gasteiger partial charge is 0.416 e. The van der Waals surface area contributed by atoms with Crippen molar-refractivity contribution in [1.82, 2.24) is 4.90 Å². The van der Waals surface area contributed by atoms with Gasteiger partial charge in [0.2, 0.25) is 0 Å². The predicted molar refractivity (Wildman–Crippen MR) is 117 cm³/mol. The number of ether oxygens (including phenoxy) is 2. The molecule has 0 radical (unpaired) electrons. The van der Waals surface area contributed by atoms with Gasteiger partial charge in [-0.1, -0.05) is 66.7 Å². The molecule has 0 N–H and O–H groups in total. The number of carbonyl (C=O) groups is 2. The first-order valence-electron chi connectivity index (χ1n) is 10.8. The second-order valence-electron chi connectivity index (χ2n) is 8.24. The van der Waals surface area contributed by atoms with Gasteiger partial charge in [-0.05, 0) is 33.9 Å². The molecule has 1 amide bonds. The van der Waals surface area contributed by atoms with Crippen LogP contribution in [0.3, 0.4) is 0 Å². The lowest BCUT2D eigenvalue weighted by Crippen LogP contribution is -2.40. The van der Waals surface area contributed by atoms with Crippen molar-refractivity contribution in [1.29, 1.82) is 0 Å². The van der Waals surface area contributed by atoms with Crippen molar-refractivity contribution < 1.29 is 32.2 Å². The number of hydrogen-bond donors (Lipinski definition) is 0. The lowest BCUT2D eigenvalue weighted by atomic mass is 9.98. The molecule has 1 fully saturated rings. The molecule has 0 spiro atoms. The molecule has 174 valence electrons. The Kier molecular flexibility index (Phi) is 5.51. The third-order valence-corrected chi connectivity index (χ3v) is 6.30. The van der Waals surface area contributed by atoms with E-state index in [9.17, 15) is 22.8 Å². The van der Waals surface area contributed by atoms with Gasteiger partial charge in [-0.2, -0.15) is 13.2 Å². The fraction of sp³-hybridized carbons (Fsp3) is 0.231. The molecule has 3 aromatic rings. The summed E-state index contributed by atoms with van der Waals surface area (Å²) in [6.45, 7) is -0.336. The van der Waals surface area contributed by atoms with Crippen LogP contribution in [0.1, 0.15) is 28.2 Å². The number of nitrogens with zero attached hydrogens (tertiary/aromatic N) is 1. The zero-order chi connectivity index (χ0) is 23.9. The summed E-state index contributed by atoms with van der Waals surface area (Å²) in [4.78, 5) is 26.2. The normalized spacial score (nSPS) is 17.3. The van der Waals surface area contributed by atoms with Crippen LogP contribution < -0.4 is 0 Å². The van der Waals surface area contributed by atoms with E-state index < -0.39 is 29.8 Å². The van der Waals surface area contributed by atoms with Crippen molar-refractivity contribution in [3.8, 4) is 11.1 Å². The minimum absolute atomic E-state index is 0.0312. The fourth-order valence-electron chi connectivity index (χ4n) is 4.68. The average Bonchev–Trinajstić information content (AvgIpc) is 3.35. The summed E-state index contributed by atoms with van der Waals surface area (Å²) in [5, 5.41) is 0. The third-order valence-electron chi connectivity index (χ3n) is 6.30. The van der Waals surface area contributed by atoms with Crippen LogP contribution in [0.15, 0.2) is 72.8 Å². The van der Waals surface area contributed by atoms with E-state index in [2.05, 4.69) is 0 Å². The maximum absolute atomic E-state index is 13.4. The van der Waals surface area contributed by atoms with Crippen molar-refractivity contribution in [2.75, 3.05) is 13.3 Å². The van der Waals surface area contributed by atoms with E-state index in [-0.39, 0.29) is 31.2 Å². The molecule has 1 atom stereocenters. The van der Waals surface area contributed by atoms with Crippen LogP contribution >= 0.6 is 0 Å². The Hall–Kier alpha value is -3.81. The number of alkyl halides is 3. The van der Waals surface area contributed by atoms with E-state index in [1.807, 2.05) is 48.5 Å². The van der Waals surface area contributed by atoms with Gasteiger partial charge in [-0.3, -0.25) is 4.90 Å². The molecule has 1 heterocycles. The van der Waals surface area contributed by atoms with Crippen LogP contribution in [0.4, 0.5) is 18.0 Å². The molecule has 8 heteroatoms. The summed E-state index contributed by atoms with van der Waals surface area (Å²) in [5.74, 6) is -0.939. The zero-order valence-corrected chi connectivity index (χ0v) is 17.9. The van der Waals surface area contributed by atoms with Crippen molar-refractivity contribution in [2.45, 2.75) is 24.6 Å². The molecule has 5 rings (SSSR count). The molecule has 1 unspecified atom stereocenters. The first-order chi connectivity index (χ1) is 16.3. The Bertz CT molecular complexity index is 1210. The molecular weight excluding hydrogens is 447 g/mol. The molecule has 0 aromatic heterocycles. The van der Waals surface area contributed by atoms with E-state index >= 15 is 0 Å². The fourth-order valence-corrected chi connectivity index (χ4v) is 4.68. The summed E-state index contributed by atoms with van der Waals surface area (Å²) in [5.41, 5.74) is 3.26. The van der Waals surface area contributed by atoms with Crippen LogP contribution in [-0.4, -0.2) is 36.3 Å². The highest BCUT2D eigenvalue weighted by molar-refractivity contribution is 5.84. The number of fused-ring (bicyclic) bond motifs is 3. The lowest BCUT2D eigenvalue weighted by Gasteiger charge is -2.22. The Morgan fingerprint density at radius 3 is 2.18 bits per heavy atom. The number of benzene rings is 3. The minimum atomic E-state index is -4.58. The molecule has 2 aliphatic rings. The van der Waals surface area contributed by atoms with E-state index in [1.54, 1.807) is 0 Å². The number of hydrogen-bond acceptors (Lipinski definition) is 4. The van der Waals surface area contributed by atoms with Crippen molar-refractivity contribution in [3.05, 3.63) is 95.1 Å². The second kappa shape index (κ2) is 8.52. The topological polar surface area (TPSA) is 55.8 Å². The minimum Gasteiger partial charge on any atom is -0.448 e. The average molecular weight is 467 g/mol. The molecule has 0 bridgehead atoms. The second-order valence-corrected chi connectivity index (χ2v) is 8.24. The van der Waals surface area contributed by atoms with Crippen LogP contribution in [0.5, 0.6) is 0 Å². The lowest BCUT2D eigenvalue weighted by molar-refractivity contribution is -0.141. The summed E-state index contributed by atoms with van der Waals surface area (Å²) in [7, 11) is 0. The monoisotopic (exact) mass is 467 g/mol. The van der Waals surface area contributed by atoms with Gasteiger partial charge in [0.1, 0.15) is 12.6 Å². The summed E-state index contributed by atoms with van der Waals surface area (Å²) in [6.07, 6.45) is -5.70. The quantitative estimate of drug-likeness (QED) is 0.484. The van der Waals surface area contributed by atoms with Gasteiger partial charge < -0.3 is 9.47 Å². The van der Waals surface area contributed by atoms with Crippen LogP contribution in [0, 0.1) is 0 Å². The molecular formula is C26H20F3NO4. The number of rotatable bonds is 4. The highest BCUT2D eigenvalue weighted by atomic mass is 19.4. The Balaban J connectivity index is 1.33. The van der Waals surface area contributed by atoms with E-state index in [0.29, 0.717) is 0 Å². The number of carbonyl (C=O) groups excluding carboxylic acids is 2. The van der Waals surface area contributed by atoms with Gasteiger partial charge >= 0.3 is 18.2 Å². The molecule has 5 nitrogen and oxygen atoms in total. The van der Waals surface area contributed by atoms with Crippen LogP contribution in [0.25, 0.3) is 11.1 Å². The SMILES string of the molecule is O=C1OCN(C(=O)OCC2c3ccccc3-c3ccccc32)C1Cc1ccccc1C(F)(F)F. The Labute approximate surface area is 193 Å². The molecule has 1 aliphatic carbocycles. The molecule has 0 saturated carbocycles. The summed E-state index contributed by atoms with van der Waals surface area (Å²) >= 11 is 0. The predicted octanol–water partition coefficient (Wildman–Crippen LogP) is 5.38. The van der Waals surface area contributed by atoms with E-state index in [1.165, 1.54) is 18.2 Å². The molecule has 1 saturated heterocycles. The Morgan fingerprint density at radius 2 is 1.53 bits per heavy atom. The van der Waals surface area contributed by atoms with Crippen LogP contribution in [0.2, 0.25) is 0 Å². The van der Waals surface area contributed by atoms with Crippen molar-refractivity contribution >= 4 is 12.1 Å². The van der Waals surface area contributed by atoms with Gasteiger partial charge in [0, 0.05) is 12.3 Å². The highest BCUT2D eigenvalue weighted by Gasteiger charge is 2.42.